The molecule has 140 valence electrons. The van der Waals surface area contributed by atoms with E-state index < -0.39 is 11.0 Å². The van der Waals surface area contributed by atoms with Crippen LogP contribution in [-0.2, 0) is 11.3 Å². The van der Waals surface area contributed by atoms with Crippen molar-refractivity contribution >= 4 is 22.5 Å². The van der Waals surface area contributed by atoms with Crippen LogP contribution < -0.4 is 5.32 Å². The maximum atomic E-state index is 12.6. The van der Waals surface area contributed by atoms with E-state index in [4.69, 9.17) is 0 Å². The number of pyridine rings is 1. The Balaban J connectivity index is 1.81. The Hall–Kier alpha value is -3.29. The zero-order valence-corrected chi connectivity index (χ0v) is 15.7. The predicted octanol–water partition coefficient (Wildman–Crippen LogP) is 3.14. The quantitative estimate of drug-likeness (QED) is 0.551. The van der Waals surface area contributed by atoms with Gasteiger partial charge in [-0.1, -0.05) is 18.2 Å². The maximum Gasteiger partial charge on any atom is 0.312 e. The van der Waals surface area contributed by atoms with Gasteiger partial charge in [-0.15, -0.1) is 0 Å². The lowest BCUT2D eigenvalue weighted by molar-refractivity contribution is -0.386. The summed E-state index contributed by atoms with van der Waals surface area (Å²) in [7, 11) is 0. The second kappa shape index (κ2) is 7.14. The van der Waals surface area contributed by atoms with E-state index in [2.05, 4.69) is 15.4 Å². The van der Waals surface area contributed by atoms with Crippen molar-refractivity contribution in [3.63, 3.8) is 0 Å². The number of hydrogen-bond donors (Lipinski definition) is 1. The SMILES string of the molecule is Cc1cc(CNC(=O)[C@H](C)n2nc(C)c([N+](=O)[O-])c2C)c2ccccc2n1. The van der Waals surface area contributed by atoms with Crippen LogP contribution in [0.5, 0.6) is 0 Å². The molecule has 1 atom stereocenters. The largest absolute Gasteiger partial charge is 0.350 e. The van der Waals surface area contributed by atoms with Crippen molar-refractivity contribution in [1.29, 1.82) is 0 Å². The number of para-hydroxylation sites is 1. The van der Waals surface area contributed by atoms with E-state index in [1.165, 1.54) is 4.68 Å². The van der Waals surface area contributed by atoms with Crippen molar-refractivity contribution in [3.05, 3.63) is 63.1 Å². The number of benzene rings is 1. The fourth-order valence-corrected chi connectivity index (χ4v) is 3.28. The Labute approximate surface area is 156 Å². The fourth-order valence-electron chi connectivity index (χ4n) is 3.28. The van der Waals surface area contributed by atoms with Crippen LogP contribution in [0.1, 0.15) is 35.6 Å². The third-order valence-corrected chi connectivity index (χ3v) is 4.60. The molecule has 8 heteroatoms. The molecule has 1 N–H and O–H groups in total. The maximum absolute atomic E-state index is 12.6. The predicted molar refractivity (Wildman–Crippen MR) is 101 cm³/mol. The topological polar surface area (TPSA) is 103 Å². The standard InChI is InChI=1S/C19H21N5O3/c1-11-9-15(16-7-5-6-8-17(16)21-11)10-20-19(25)14(4)23-13(3)18(24(26)27)12(2)22-23/h5-9,14H,10H2,1-4H3,(H,20,25)/t14-/m0/s1. The van der Waals surface area contributed by atoms with Gasteiger partial charge in [-0.25, -0.2) is 0 Å². The van der Waals surface area contributed by atoms with Crippen LogP contribution in [0.3, 0.4) is 0 Å². The Kier molecular flexibility index (Phi) is 4.89. The number of carbonyl (C=O) groups excluding carboxylic acids is 1. The number of aromatic nitrogens is 3. The molecule has 1 aromatic carbocycles. The lowest BCUT2D eigenvalue weighted by Crippen LogP contribution is -2.31. The molecule has 0 aliphatic rings. The average Bonchev–Trinajstić information content (AvgIpc) is 2.92. The van der Waals surface area contributed by atoms with Gasteiger partial charge in [0.1, 0.15) is 17.4 Å². The molecule has 0 saturated carbocycles. The van der Waals surface area contributed by atoms with Crippen LogP contribution in [0, 0.1) is 30.9 Å². The van der Waals surface area contributed by atoms with Gasteiger partial charge in [0.25, 0.3) is 0 Å². The van der Waals surface area contributed by atoms with Gasteiger partial charge in [0, 0.05) is 17.6 Å². The molecule has 1 amide bonds. The summed E-state index contributed by atoms with van der Waals surface area (Å²) >= 11 is 0. The Morgan fingerprint density at radius 3 is 2.67 bits per heavy atom. The number of rotatable bonds is 5. The van der Waals surface area contributed by atoms with Crippen LogP contribution in [0.15, 0.2) is 30.3 Å². The summed E-state index contributed by atoms with van der Waals surface area (Å²) in [6.07, 6.45) is 0. The minimum absolute atomic E-state index is 0.0506. The first-order chi connectivity index (χ1) is 12.8. The Bertz CT molecular complexity index is 1040. The highest BCUT2D eigenvalue weighted by molar-refractivity contribution is 5.84. The van der Waals surface area contributed by atoms with E-state index in [1.807, 2.05) is 37.3 Å². The number of hydrogen-bond acceptors (Lipinski definition) is 5. The number of nitrogens with one attached hydrogen (secondary N) is 1. The van der Waals surface area contributed by atoms with Crippen molar-refractivity contribution in [3.8, 4) is 0 Å². The lowest BCUT2D eigenvalue weighted by Gasteiger charge is -2.15. The highest BCUT2D eigenvalue weighted by Gasteiger charge is 2.27. The molecule has 0 fully saturated rings. The first-order valence-electron chi connectivity index (χ1n) is 8.62. The average molecular weight is 367 g/mol. The summed E-state index contributed by atoms with van der Waals surface area (Å²) < 4.78 is 1.40. The van der Waals surface area contributed by atoms with Gasteiger partial charge in [-0.05, 0) is 45.4 Å². The van der Waals surface area contributed by atoms with Crippen molar-refractivity contribution in [2.24, 2.45) is 0 Å². The van der Waals surface area contributed by atoms with Gasteiger partial charge in [0.2, 0.25) is 5.91 Å². The monoisotopic (exact) mass is 367 g/mol. The molecule has 2 heterocycles. The molecule has 0 spiro atoms. The highest BCUT2D eigenvalue weighted by Crippen LogP contribution is 2.25. The smallest absolute Gasteiger partial charge is 0.312 e. The first-order valence-corrected chi connectivity index (χ1v) is 8.62. The van der Waals surface area contributed by atoms with E-state index in [-0.39, 0.29) is 11.6 Å². The number of nitrogens with zero attached hydrogens (tertiary/aromatic N) is 4. The molecule has 3 rings (SSSR count). The van der Waals surface area contributed by atoms with Crippen LogP contribution >= 0.6 is 0 Å². The molecule has 0 bridgehead atoms. The van der Waals surface area contributed by atoms with Crippen molar-refractivity contribution in [2.75, 3.05) is 0 Å². The van der Waals surface area contributed by atoms with Gasteiger partial charge < -0.3 is 5.32 Å². The summed E-state index contributed by atoms with van der Waals surface area (Å²) in [4.78, 5) is 27.8. The number of fused-ring (bicyclic) bond motifs is 1. The van der Waals surface area contributed by atoms with Gasteiger partial charge >= 0.3 is 5.69 Å². The Morgan fingerprint density at radius 1 is 1.30 bits per heavy atom. The molecule has 0 saturated heterocycles. The van der Waals surface area contributed by atoms with Crippen molar-refractivity contribution in [2.45, 2.75) is 40.3 Å². The third kappa shape index (κ3) is 3.51. The van der Waals surface area contributed by atoms with Crippen LogP contribution in [-0.4, -0.2) is 25.6 Å². The molecule has 2 aromatic heterocycles. The molecule has 8 nitrogen and oxygen atoms in total. The second-order valence-corrected chi connectivity index (χ2v) is 6.55. The minimum Gasteiger partial charge on any atom is -0.350 e. The van der Waals surface area contributed by atoms with E-state index in [0.29, 0.717) is 17.9 Å². The molecule has 0 aliphatic carbocycles. The highest BCUT2D eigenvalue weighted by atomic mass is 16.6. The molecule has 0 aliphatic heterocycles. The Morgan fingerprint density at radius 2 is 2.00 bits per heavy atom. The molecule has 27 heavy (non-hydrogen) atoms. The summed E-state index contributed by atoms with van der Waals surface area (Å²) in [5, 5.41) is 19.2. The minimum atomic E-state index is -0.661. The van der Waals surface area contributed by atoms with Crippen molar-refractivity contribution in [1.82, 2.24) is 20.1 Å². The van der Waals surface area contributed by atoms with E-state index in [1.54, 1.807) is 20.8 Å². The summed E-state index contributed by atoms with van der Waals surface area (Å²) in [6.45, 7) is 7.10. The molecule has 0 radical (unpaired) electrons. The summed E-state index contributed by atoms with van der Waals surface area (Å²) in [5.41, 5.74) is 3.34. The van der Waals surface area contributed by atoms with E-state index in [0.717, 1.165) is 22.2 Å². The van der Waals surface area contributed by atoms with Crippen LogP contribution in [0.2, 0.25) is 0 Å². The third-order valence-electron chi connectivity index (χ3n) is 4.60. The summed E-state index contributed by atoms with van der Waals surface area (Å²) in [6, 6.07) is 9.05. The van der Waals surface area contributed by atoms with Gasteiger partial charge in [0.05, 0.1) is 10.4 Å². The number of amides is 1. The number of carbonyl (C=O) groups is 1. The van der Waals surface area contributed by atoms with E-state index >= 15 is 0 Å². The molecular weight excluding hydrogens is 346 g/mol. The number of nitro groups is 1. The van der Waals surface area contributed by atoms with E-state index in [9.17, 15) is 14.9 Å². The normalized spacial score (nSPS) is 12.1. The molecule has 3 aromatic rings. The summed E-state index contributed by atoms with van der Waals surface area (Å²) in [5.74, 6) is -0.256. The molecular formula is C19H21N5O3. The van der Waals surface area contributed by atoms with Gasteiger partial charge in [-0.3, -0.25) is 24.6 Å². The van der Waals surface area contributed by atoms with Gasteiger partial charge in [0.15, 0.2) is 0 Å². The molecule has 0 unspecified atom stereocenters. The van der Waals surface area contributed by atoms with Crippen LogP contribution in [0.25, 0.3) is 10.9 Å². The van der Waals surface area contributed by atoms with Gasteiger partial charge in [-0.2, -0.15) is 5.10 Å². The zero-order valence-electron chi connectivity index (χ0n) is 15.7. The fraction of sp³-hybridized carbons (Fsp3) is 0.316. The lowest BCUT2D eigenvalue weighted by atomic mass is 10.1. The zero-order chi connectivity index (χ0) is 19.7. The van der Waals surface area contributed by atoms with Crippen LogP contribution in [0.4, 0.5) is 5.69 Å². The second-order valence-electron chi connectivity index (χ2n) is 6.55. The van der Waals surface area contributed by atoms with Crippen molar-refractivity contribution < 1.29 is 9.72 Å². The first kappa shape index (κ1) is 18.5. The number of aryl methyl sites for hydroxylation is 2.